The lowest BCUT2D eigenvalue weighted by Gasteiger charge is -2.19. The SMILES string of the molecule is CC(C)c1nnc(N(C)C(C)C(=O)O)s1. The maximum absolute atomic E-state index is 10.8. The summed E-state index contributed by atoms with van der Waals surface area (Å²) in [7, 11) is 1.71. The van der Waals surface area contributed by atoms with Crippen molar-refractivity contribution in [3.05, 3.63) is 5.01 Å². The van der Waals surface area contributed by atoms with E-state index in [1.54, 1.807) is 18.9 Å². The minimum atomic E-state index is -0.862. The summed E-state index contributed by atoms with van der Waals surface area (Å²) in [4.78, 5) is 12.4. The molecule has 1 aromatic rings. The summed E-state index contributed by atoms with van der Waals surface area (Å²) in [6, 6.07) is -0.585. The van der Waals surface area contributed by atoms with Crippen LogP contribution in [0.5, 0.6) is 0 Å². The number of aromatic nitrogens is 2. The van der Waals surface area contributed by atoms with Gasteiger partial charge in [-0.05, 0) is 6.92 Å². The third-order valence-electron chi connectivity index (χ3n) is 2.16. The van der Waals surface area contributed by atoms with E-state index in [1.165, 1.54) is 11.3 Å². The second-order valence-corrected chi connectivity index (χ2v) is 4.69. The standard InChI is InChI=1S/C9H15N3O2S/c1-5(2)7-10-11-9(15-7)12(4)6(3)8(13)14/h5-6H,1-4H3,(H,13,14). The third kappa shape index (κ3) is 2.65. The Morgan fingerprint density at radius 1 is 1.40 bits per heavy atom. The Labute approximate surface area is 92.7 Å². The van der Waals surface area contributed by atoms with Gasteiger partial charge in [0.1, 0.15) is 11.0 Å². The molecule has 1 heterocycles. The van der Waals surface area contributed by atoms with Gasteiger partial charge in [0.05, 0.1) is 0 Å². The zero-order chi connectivity index (χ0) is 11.6. The van der Waals surface area contributed by atoms with Gasteiger partial charge >= 0.3 is 5.97 Å². The minimum absolute atomic E-state index is 0.324. The molecule has 0 saturated heterocycles. The highest BCUT2D eigenvalue weighted by atomic mass is 32.1. The molecule has 1 N–H and O–H groups in total. The average Bonchev–Trinajstić information content (AvgIpc) is 2.64. The van der Waals surface area contributed by atoms with E-state index in [4.69, 9.17) is 5.11 Å². The highest BCUT2D eigenvalue weighted by Crippen LogP contribution is 2.25. The number of anilines is 1. The van der Waals surface area contributed by atoms with Gasteiger partial charge in [0.2, 0.25) is 5.13 Å². The molecule has 0 saturated carbocycles. The first-order valence-corrected chi connectivity index (χ1v) is 5.54. The quantitative estimate of drug-likeness (QED) is 0.849. The zero-order valence-corrected chi connectivity index (χ0v) is 10.1. The Kier molecular flexibility index (Phi) is 3.62. The predicted octanol–water partition coefficient (Wildman–Crippen LogP) is 1.57. The number of carbonyl (C=O) groups is 1. The number of carboxylic acid groups (broad SMARTS) is 1. The van der Waals surface area contributed by atoms with Crippen LogP contribution in [0.3, 0.4) is 0 Å². The highest BCUT2D eigenvalue weighted by Gasteiger charge is 2.20. The van der Waals surface area contributed by atoms with E-state index in [-0.39, 0.29) is 0 Å². The Morgan fingerprint density at radius 3 is 2.40 bits per heavy atom. The number of carboxylic acids is 1. The molecule has 84 valence electrons. The Morgan fingerprint density at radius 2 is 2.00 bits per heavy atom. The van der Waals surface area contributed by atoms with Crippen molar-refractivity contribution in [2.75, 3.05) is 11.9 Å². The molecule has 0 bridgehead atoms. The fourth-order valence-electron chi connectivity index (χ4n) is 0.934. The van der Waals surface area contributed by atoms with Crippen LogP contribution >= 0.6 is 11.3 Å². The molecule has 0 aliphatic carbocycles. The first-order chi connectivity index (χ1) is 6.93. The molecular weight excluding hydrogens is 214 g/mol. The number of hydrogen-bond acceptors (Lipinski definition) is 5. The first-order valence-electron chi connectivity index (χ1n) is 4.72. The maximum Gasteiger partial charge on any atom is 0.326 e. The fourth-order valence-corrected chi connectivity index (χ4v) is 1.82. The summed E-state index contributed by atoms with van der Waals surface area (Å²) in [5.41, 5.74) is 0. The lowest BCUT2D eigenvalue weighted by atomic mass is 10.2. The van der Waals surface area contributed by atoms with Gasteiger partial charge in [-0.3, -0.25) is 0 Å². The van der Waals surface area contributed by atoms with E-state index in [0.29, 0.717) is 11.0 Å². The zero-order valence-electron chi connectivity index (χ0n) is 9.26. The van der Waals surface area contributed by atoms with Crippen LogP contribution in [0.15, 0.2) is 0 Å². The van der Waals surface area contributed by atoms with E-state index >= 15 is 0 Å². The van der Waals surface area contributed by atoms with Crippen LogP contribution in [0.4, 0.5) is 5.13 Å². The summed E-state index contributed by atoms with van der Waals surface area (Å²) in [6.45, 7) is 5.69. The minimum Gasteiger partial charge on any atom is -0.480 e. The van der Waals surface area contributed by atoms with Gasteiger partial charge in [0.25, 0.3) is 0 Å². The molecule has 15 heavy (non-hydrogen) atoms. The van der Waals surface area contributed by atoms with Crippen molar-refractivity contribution in [1.29, 1.82) is 0 Å². The monoisotopic (exact) mass is 229 g/mol. The van der Waals surface area contributed by atoms with E-state index < -0.39 is 12.0 Å². The molecular formula is C9H15N3O2S. The predicted molar refractivity (Wildman–Crippen MR) is 59.5 cm³/mol. The Balaban J connectivity index is 2.82. The number of nitrogens with zero attached hydrogens (tertiary/aromatic N) is 3. The van der Waals surface area contributed by atoms with Crippen LogP contribution < -0.4 is 4.90 Å². The van der Waals surface area contributed by atoms with Gasteiger partial charge in [-0.15, -0.1) is 10.2 Å². The van der Waals surface area contributed by atoms with Crippen molar-refractivity contribution in [1.82, 2.24) is 10.2 Å². The van der Waals surface area contributed by atoms with Crippen LogP contribution in [0.25, 0.3) is 0 Å². The normalized spacial score (nSPS) is 12.9. The molecule has 1 aromatic heterocycles. The molecule has 0 aliphatic rings. The second-order valence-electron chi connectivity index (χ2n) is 3.70. The Hall–Kier alpha value is -1.17. The molecule has 0 spiro atoms. The largest absolute Gasteiger partial charge is 0.480 e. The van der Waals surface area contributed by atoms with Crippen molar-refractivity contribution < 1.29 is 9.90 Å². The van der Waals surface area contributed by atoms with E-state index in [2.05, 4.69) is 10.2 Å². The molecule has 1 atom stereocenters. The number of aliphatic carboxylic acids is 1. The van der Waals surface area contributed by atoms with Gasteiger partial charge in [0.15, 0.2) is 0 Å². The molecule has 1 rings (SSSR count). The molecule has 0 aliphatic heterocycles. The van der Waals surface area contributed by atoms with Gasteiger partial charge in [-0.25, -0.2) is 4.79 Å². The topological polar surface area (TPSA) is 66.3 Å². The third-order valence-corrected chi connectivity index (χ3v) is 3.48. The maximum atomic E-state index is 10.8. The molecule has 0 fully saturated rings. The summed E-state index contributed by atoms with van der Waals surface area (Å²) >= 11 is 1.44. The van der Waals surface area contributed by atoms with Crippen LogP contribution in [0.1, 0.15) is 31.7 Å². The summed E-state index contributed by atoms with van der Waals surface area (Å²) in [6.07, 6.45) is 0. The summed E-state index contributed by atoms with van der Waals surface area (Å²) < 4.78 is 0. The highest BCUT2D eigenvalue weighted by molar-refractivity contribution is 7.15. The van der Waals surface area contributed by atoms with Crippen molar-refractivity contribution in [2.45, 2.75) is 32.7 Å². The van der Waals surface area contributed by atoms with Gasteiger partial charge < -0.3 is 10.0 Å². The van der Waals surface area contributed by atoms with Crippen LogP contribution in [-0.2, 0) is 4.79 Å². The molecule has 6 heteroatoms. The molecule has 0 amide bonds. The van der Waals surface area contributed by atoms with Crippen LogP contribution in [0.2, 0.25) is 0 Å². The van der Waals surface area contributed by atoms with Gasteiger partial charge in [-0.2, -0.15) is 0 Å². The van der Waals surface area contributed by atoms with E-state index in [0.717, 1.165) is 5.01 Å². The van der Waals surface area contributed by atoms with E-state index in [1.807, 2.05) is 13.8 Å². The fraction of sp³-hybridized carbons (Fsp3) is 0.667. The molecule has 1 unspecified atom stereocenters. The van der Waals surface area contributed by atoms with Crippen molar-refractivity contribution in [3.63, 3.8) is 0 Å². The van der Waals surface area contributed by atoms with Crippen molar-refractivity contribution in [3.8, 4) is 0 Å². The number of rotatable bonds is 4. The molecule has 0 aromatic carbocycles. The summed E-state index contributed by atoms with van der Waals surface area (Å²) in [5, 5.41) is 18.4. The second kappa shape index (κ2) is 4.57. The van der Waals surface area contributed by atoms with Crippen molar-refractivity contribution >= 4 is 22.4 Å². The lowest BCUT2D eigenvalue weighted by Crippen LogP contribution is -2.35. The average molecular weight is 229 g/mol. The van der Waals surface area contributed by atoms with Crippen LogP contribution in [0, 0.1) is 0 Å². The molecule has 5 nitrogen and oxygen atoms in total. The van der Waals surface area contributed by atoms with Crippen LogP contribution in [-0.4, -0.2) is 34.4 Å². The summed E-state index contributed by atoms with van der Waals surface area (Å²) in [5.74, 6) is -0.538. The lowest BCUT2D eigenvalue weighted by molar-refractivity contribution is -0.138. The smallest absolute Gasteiger partial charge is 0.326 e. The first kappa shape index (κ1) is 11.9. The number of hydrogen-bond donors (Lipinski definition) is 1. The Bertz CT molecular complexity index is 351. The van der Waals surface area contributed by atoms with Gasteiger partial charge in [-0.1, -0.05) is 25.2 Å². The van der Waals surface area contributed by atoms with Crippen molar-refractivity contribution in [2.24, 2.45) is 0 Å². The van der Waals surface area contributed by atoms with Gasteiger partial charge in [0, 0.05) is 13.0 Å². The van der Waals surface area contributed by atoms with E-state index in [9.17, 15) is 4.79 Å². The number of likely N-dealkylation sites (N-methyl/N-ethyl adjacent to an activating group) is 1. The molecule has 0 radical (unpaired) electrons.